The summed E-state index contributed by atoms with van der Waals surface area (Å²) in [6.07, 6.45) is -0.709. The molecule has 0 aliphatic rings. The van der Waals surface area contributed by atoms with Crippen molar-refractivity contribution in [1.29, 1.82) is 0 Å². The first-order valence-electron chi connectivity index (χ1n) is 8.28. The van der Waals surface area contributed by atoms with Gasteiger partial charge in [-0.3, -0.25) is 9.59 Å². The second-order valence-electron chi connectivity index (χ2n) is 6.05. The molecule has 0 aliphatic heterocycles. The Morgan fingerprint density at radius 3 is 2.31 bits per heavy atom. The van der Waals surface area contributed by atoms with Gasteiger partial charge in [-0.2, -0.15) is 18.3 Å². The molecule has 148 valence electrons. The third-order valence-electron chi connectivity index (χ3n) is 3.89. The molecule has 0 fully saturated rings. The Morgan fingerprint density at radius 1 is 1.07 bits per heavy atom. The molecular weight excluding hydrogens is 451 g/mol. The van der Waals surface area contributed by atoms with Crippen LogP contribution in [0.4, 0.5) is 13.2 Å². The Labute approximate surface area is 172 Å². The topological polar surface area (TPSA) is 64.8 Å². The number of ketones is 2. The highest BCUT2D eigenvalue weighted by molar-refractivity contribution is 9.10. The number of halogens is 4. The number of pyridine rings is 1. The molecule has 0 saturated heterocycles. The second kappa shape index (κ2) is 8.12. The van der Waals surface area contributed by atoms with Crippen LogP contribution in [-0.4, -0.2) is 26.3 Å². The Balaban J connectivity index is 2.09. The van der Waals surface area contributed by atoms with Gasteiger partial charge < -0.3 is 0 Å². The number of nitrogens with zero attached hydrogens (tertiary/aromatic N) is 3. The van der Waals surface area contributed by atoms with Crippen LogP contribution in [-0.2, 0) is 11.0 Å². The van der Waals surface area contributed by atoms with Crippen LogP contribution >= 0.6 is 15.9 Å². The maximum Gasteiger partial charge on any atom is 0.416 e. The molecule has 0 saturated carbocycles. The van der Waals surface area contributed by atoms with Crippen molar-refractivity contribution in [3.05, 3.63) is 76.7 Å². The van der Waals surface area contributed by atoms with Gasteiger partial charge in [-0.05, 0) is 77.5 Å². The minimum absolute atomic E-state index is 0.0974. The van der Waals surface area contributed by atoms with Crippen LogP contribution in [0.2, 0.25) is 0 Å². The van der Waals surface area contributed by atoms with Crippen molar-refractivity contribution < 1.29 is 22.8 Å². The smallest absolute Gasteiger partial charge is 0.295 e. The highest BCUT2D eigenvalue weighted by Crippen LogP contribution is 2.30. The summed E-state index contributed by atoms with van der Waals surface area (Å²) < 4.78 is 40.4. The van der Waals surface area contributed by atoms with Crippen LogP contribution in [0.3, 0.4) is 0 Å². The Morgan fingerprint density at radius 2 is 1.76 bits per heavy atom. The first kappa shape index (κ1) is 20.7. The lowest BCUT2D eigenvalue weighted by Gasteiger charge is -2.09. The largest absolute Gasteiger partial charge is 0.416 e. The van der Waals surface area contributed by atoms with Crippen molar-refractivity contribution in [2.75, 3.05) is 0 Å². The SMILES string of the molecule is CC(=O)/C=C\C(=O)c1cc(-c2ccc(Br)nc2)nn1-c1ccc(C(F)(F)F)cc1. The molecule has 0 aliphatic carbocycles. The second-order valence-corrected chi connectivity index (χ2v) is 6.86. The maximum atomic E-state index is 12.8. The van der Waals surface area contributed by atoms with Gasteiger partial charge >= 0.3 is 6.18 Å². The summed E-state index contributed by atoms with van der Waals surface area (Å²) >= 11 is 3.23. The lowest BCUT2D eigenvalue weighted by atomic mass is 10.1. The average molecular weight is 464 g/mol. The zero-order valence-electron chi connectivity index (χ0n) is 14.9. The minimum atomic E-state index is -4.47. The summed E-state index contributed by atoms with van der Waals surface area (Å²) in [5, 5.41) is 4.36. The normalized spacial score (nSPS) is 11.8. The first-order chi connectivity index (χ1) is 13.6. The molecule has 0 bridgehead atoms. The standard InChI is InChI=1S/C20H13BrF3N3O2/c1-12(28)2-8-18(29)17-10-16(13-3-9-19(21)25-11-13)26-27(17)15-6-4-14(5-7-15)20(22,23)24/h2-11H,1H3/b8-2-. The first-order valence-corrected chi connectivity index (χ1v) is 9.07. The molecule has 0 amide bonds. The fourth-order valence-corrected chi connectivity index (χ4v) is 2.73. The molecule has 0 atom stereocenters. The van der Waals surface area contributed by atoms with Crippen LogP contribution in [0.25, 0.3) is 16.9 Å². The van der Waals surface area contributed by atoms with Crippen molar-refractivity contribution in [2.45, 2.75) is 13.1 Å². The van der Waals surface area contributed by atoms with E-state index in [9.17, 15) is 22.8 Å². The highest BCUT2D eigenvalue weighted by atomic mass is 79.9. The Kier molecular flexibility index (Phi) is 5.78. The fraction of sp³-hybridized carbons (Fsp3) is 0.100. The lowest BCUT2D eigenvalue weighted by molar-refractivity contribution is -0.137. The molecule has 9 heteroatoms. The molecule has 0 N–H and O–H groups in total. The van der Waals surface area contributed by atoms with Gasteiger partial charge in [0, 0.05) is 11.8 Å². The summed E-state index contributed by atoms with van der Waals surface area (Å²) in [5.74, 6) is -0.819. The average Bonchev–Trinajstić information content (AvgIpc) is 3.11. The summed E-state index contributed by atoms with van der Waals surface area (Å²) in [6.45, 7) is 1.30. The summed E-state index contributed by atoms with van der Waals surface area (Å²) in [4.78, 5) is 27.8. The van der Waals surface area contributed by atoms with Crippen LogP contribution in [0.15, 0.2) is 65.4 Å². The zero-order chi connectivity index (χ0) is 21.2. The van der Waals surface area contributed by atoms with Crippen molar-refractivity contribution in [1.82, 2.24) is 14.8 Å². The molecule has 3 aromatic rings. The van der Waals surface area contributed by atoms with Gasteiger partial charge in [0.2, 0.25) is 5.78 Å². The number of aromatic nitrogens is 3. The lowest BCUT2D eigenvalue weighted by Crippen LogP contribution is -2.09. The van der Waals surface area contributed by atoms with Gasteiger partial charge in [-0.25, -0.2) is 9.67 Å². The van der Waals surface area contributed by atoms with E-state index in [1.165, 1.54) is 29.8 Å². The van der Waals surface area contributed by atoms with Crippen molar-refractivity contribution >= 4 is 27.5 Å². The number of carbonyl (C=O) groups excluding carboxylic acids is 2. The van der Waals surface area contributed by atoms with Crippen molar-refractivity contribution in [2.24, 2.45) is 0 Å². The third-order valence-corrected chi connectivity index (χ3v) is 4.36. The molecule has 1 aromatic carbocycles. The van der Waals surface area contributed by atoms with Crippen LogP contribution in [0.5, 0.6) is 0 Å². The number of alkyl halides is 3. The molecule has 0 unspecified atom stereocenters. The summed E-state index contributed by atoms with van der Waals surface area (Å²) in [5.41, 5.74) is 0.581. The van der Waals surface area contributed by atoms with E-state index in [0.717, 1.165) is 24.3 Å². The third kappa shape index (κ3) is 4.86. The van der Waals surface area contributed by atoms with Crippen molar-refractivity contribution in [3.8, 4) is 16.9 Å². The van der Waals surface area contributed by atoms with Gasteiger partial charge in [0.25, 0.3) is 0 Å². The predicted molar refractivity (Wildman–Crippen MR) is 104 cm³/mol. The summed E-state index contributed by atoms with van der Waals surface area (Å²) in [7, 11) is 0. The zero-order valence-corrected chi connectivity index (χ0v) is 16.5. The van der Waals surface area contributed by atoms with Gasteiger partial charge in [-0.1, -0.05) is 0 Å². The van der Waals surface area contributed by atoms with E-state index in [-0.39, 0.29) is 17.2 Å². The van der Waals surface area contributed by atoms with Gasteiger partial charge in [0.15, 0.2) is 5.78 Å². The molecular formula is C20H13BrF3N3O2. The van der Waals surface area contributed by atoms with Crippen LogP contribution in [0.1, 0.15) is 23.0 Å². The fourth-order valence-electron chi connectivity index (χ4n) is 2.49. The molecule has 2 heterocycles. The predicted octanol–water partition coefficient (Wildman–Crippen LogP) is 5.04. The maximum absolute atomic E-state index is 12.8. The van der Waals surface area contributed by atoms with Crippen LogP contribution in [0, 0.1) is 0 Å². The van der Waals surface area contributed by atoms with Gasteiger partial charge in [-0.15, -0.1) is 0 Å². The molecule has 0 spiro atoms. The quantitative estimate of drug-likeness (QED) is 0.302. The minimum Gasteiger partial charge on any atom is -0.295 e. The highest BCUT2D eigenvalue weighted by Gasteiger charge is 2.30. The molecule has 2 aromatic heterocycles. The molecule has 3 rings (SSSR count). The van der Waals surface area contributed by atoms with E-state index in [2.05, 4.69) is 26.0 Å². The molecule has 29 heavy (non-hydrogen) atoms. The monoisotopic (exact) mass is 463 g/mol. The number of hydrogen-bond donors (Lipinski definition) is 0. The summed E-state index contributed by atoms with van der Waals surface area (Å²) in [6, 6.07) is 9.21. The van der Waals surface area contributed by atoms with Crippen LogP contribution < -0.4 is 0 Å². The van der Waals surface area contributed by atoms with E-state index in [0.29, 0.717) is 15.9 Å². The van der Waals surface area contributed by atoms with Gasteiger partial charge in [0.05, 0.1) is 16.9 Å². The number of rotatable bonds is 5. The number of hydrogen-bond acceptors (Lipinski definition) is 4. The van der Waals surface area contributed by atoms with E-state index in [1.807, 2.05) is 0 Å². The number of allylic oxidation sites excluding steroid dienone is 2. The molecule has 0 radical (unpaired) electrons. The Hall–Kier alpha value is -3.07. The van der Waals surface area contributed by atoms with Gasteiger partial charge in [0.1, 0.15) is 10.3 Å². The van der Waals surface area contributed by atoms with E-state index < -0.39 is 17.5 Å². The van der Waals surface area contributed by atoms with E-state index in [4.69, 9.17) is 0 Å². The Bertz CT molecular complexity index is 1090. The number of carbonyl (C=O) groups is 2. The molecule has 5 nitrogen and oxygen atoms in total. The van der Waals surface area contributed by atoms with E-state index in [1.54, 1.807) is 18.3 Å². The van der Waals surface area contributed by atoms with E-state index >= 15 is 0 Å². The number of benzene rings is 1. The van der Waals surface area contributed by atoms with Crippen molar-refractivity contribution in [3.63, 3.8) is 0 Å².